The van der Waals surface area contributed by atoms with Crippen molar-refractivity contribution >= 4 is 44.9 Å². The smallest absolute Gasteiger partial charge is 0.237 e. The number of amides is 1. The first-order valence-corrected chi connectivity index (χ1v) is 9.32. The van der Waals surface area contributed by atoms with E-state index in [4.69, 9.17) is 4.74 Å². The number of thiophene rings is 1. The van der Waals surface area contributed by atoms with Gasteiger partial charge in [0.15, 0.2) is 0 Å². The maximum Gasteiger partial charge on any atom is 0.237 e. The van der Waals surface area contributed by atoms with Crippen LogP contribution in [0.1, 0.15) is 13.8 Å². The lowest BCUT2D eigenvalue weighted by Gasteiger charge is -2.12. The van der Waals surface area contributed by atoms with Gasteiger partial charge in [-0.05, 0) is 49.6 Å². The molecule has 0 fully saturated rings. The third kappa shape index (κ3) is 3.85. The summed E-state index contributed by atoms with van der Waals surface area (Å²) in [6, 6.07) is 9.31. The Hall–Kier alpha value is -2.12. The normalized spacial score (nSPS) is 12.1. The second kappa shape index (κ2) is 7.63. The molecule has 1 N–H and O–H groups in total. The first kappa shape index (κ1) is 16.7. The number of aromatic nitrogens is 2. The lowest BCUT2D eigenvalue weighted by Crippen LogP contribution is -2.22. The summed E-state index contributed by atoms with van der Waals surface area (Å²) in [7, 11) is 0. The van der Waals surface area contributed by atoms with Crippen LogP contribution in [0.5, 0.6) is 5.75 Å². The van der Waals surface area contributed by atoms with Crippen molar-refractivity contribution < 1.29 is 9.53 Å². The predicted octanol–water partition coefficient (Wildman–Crippen LogP) is 4.21. The SMILES string of the molecule is CCOc1ccc(NC(=O)C(C)Sc2ncnc3ccsc23)cc1. The molecule has 1 atom stereocenters. The van der Waals surface area contributed by atoms with Crippen LogP contribution in [0, 0.1) is 0 Å². The lowest BCUT2D eigenvalue weighted by molar-refractivity contribution is -0.115. The van der Waals surface area contributed by atoms with Crippen molar-refractivity contribution in [2.24, 2.45) is 0 Å². The van der Waals surface area contributed by atoms with Crippen LogP contribution in [0.4, 0.5) is 5.69 Å². The molecule has 0 saturated heterocycles. The molecular weight excluding hydrogens is 342 g/mol. The zero-order valence-corrected chi connectivity index (χ0v) is 15.0. The summed E-state index contributed by atoms with van der Waals surface area (Å²) in [5.41, 5.74) is 1.66. The van der Waals surface area contributed by atoms with Crippen molar-refractivity contribution in [3.8, 4) is 5.75 Å². The number of anilines is 1. The van der Waals surface area contributed by atoms with E-state index in [2.05, 4.69) is 15.3 Å². The van der Waals surface area contributed by atoms with Gasteiger partial charge in [-0.3, -0.25) is 4.79 Å². The van der Waals surface area contributed by atoms with Gasteiger partial charge in [-0.25, -0.2) is 9.97 Å². The van der Waals surface area contributed by atoms with Gasteiger partial charge in [0.1, 0.15) is 17.1 Å². The summed E-state index contributed by atoms with van der Waals surface area (Å²) < 4.78 is 6.41. The standard InChI is InChI=1S/C17H17N3O2S2/c1-3-22-13-6-4-12(5-7-13)20-16(21)11(2)24-17-15-14(8-9-23-15)18-10-19-17/h4-11H,3H2,1-2H3,(H,20,21). The largest absolute Gasteiger partial charge is 0.494 e. The van der Waals surface area contributed by atoms with Crippen molar-refractivity contribution in [2.75, 3.05) is 11.9 Å². The molecule has 0 aliphatic rings. The van der Waals surface area contributed by atoms with E-state index in [0.717, 1.165) is 26.7 Å². The molecule has 0 saturated carbocycles. The van der Waals surface area contributed by atoms with E-state index >= 15 is 0 Å². The Labute approximate surface area is 148 Å². The van der Waals surface area contributed by atoms with E-state index in [0.29, 0.717) is 6.61 Å². The molecule has 0 aliphatic carbocycles. The third-order valence-electron chi connectivity index (χ3n) is 3.30. The van der Waals surface area contributed by atoms with Crippen LogP contribution in [-0.4, -0.2) is 27.7 Å². The average Bonchev–Trinajstić information content (AvgIpc) is 3.06. The molecule has 2 aromatic heterocycles. The first-order valence-electron chi connectivity index (χ1n) is 7.56. The topological polar surface area (TPSA) is 64.1 Å². The van der Waals surface area contributed by atoms with Gasteiger partial charge in [-0.15, -0.1) is 11.3 Å². The molecule has 24 heavy (non-hydrogen) atoms. The van der Waals surface area contributed by atoms with Gasteiger partial charge >= 0.3 is 0 Å². The molecule has 1 amide bonds. The summed E-state index contributed by atoms with van der Waals surface area (Å²) in [5, 5.41) is 5.47. The van der Waals surface area contributed by atoms with Crippen molar-refractivity contribution in [3.05, 3.63) is 42.0 Å². The minimum atomic E-state index is -0.267. The van der Waals surface area contributed by atoms with Gasteiger partial charge in [-0.2, -0.15) is 0 Å². The van der Waals surface area contributed by atoms with Crippen LogP contribution < -0.4 is 10.1 Å². The molecule has 0 bridgehead atoms. The van der Waals surface area contributed by atoms with Crippen LogP contribution >= 0.6 is 23.1 Å². The number of nitrogens with one attached hydrogen (secondary N) is 1. The van der Waals surface area contributed by atoms with Crippen molar-refractivity contribution in [1.29, 1.82) is 0 Å². The van der Waals surface area contributed by atoms with Gasteiger partial charge in [-0.1, -0.05) is 11.8 Å². The highest BCUT2D eigenvalue weighted by Crippen LogP contribution is 2.31. The van der Waals surface area contributed by atoms with E-state index in [1.165, 1.54) is 18.1 Å². The summed E-state index contributed by atoms with van der Waals surface area (Å²) in [6.07, 6.45) is 1.54. The van der Waals surface area contributed by atoms with Gasteiger partial charge < -0.3 is 10.1 Å². The maximum atomic E-state index is 12.4. The monoisotopic (exact) mass is 359 g/mol. The van der Waals surface area contributed by atoms with Crippen molar-refractivity contribution in [3.63, 3.8) is 0 Å². The molecule has 3 aromatic rings. The number of carbonyl (C=O) groups is 1. The van der Waals surface area contributed by atoms with E-state index in [1.807, 2.05) is 49.6 Å². The zero-order valence-electron chi connectivity index (χ0n) is 13.4. The molecule has 5 nitrogen and oxygen atoms in total. The van der Waals surface area contributed by atoms with Gasteiger partial charge in [0, 0.05) is 5.69 Å². The van der Waals surface area contributed by atoms with Gasteiger partial charge in [0.05, 0.1) is 22.1 Å². The van der Waals surface area contributed by atoms with Crippen LogP contribution in [0.3, 0.4) is 0 Å². The fourth-order valence-electron chi connectivity index (χ4n) is 2.12. The number of ether oxygens (including phenoxy) is 1. The Morgan fingerprint density at radius 2 is 2.08 bits per heavy atom. The highest BCUT2D eigenvalue weighted by molar-refractivity contribution is 8.00. The van der Waals surface area contributed by atoms with E-state index in [9.17, 15) is 4.79 Å². The van der Waals surface area contributed by atoms with Crippen LogP contribution in [-0.2, 0) is 4.79 Å². The second-order valence-electron chi connectivity index (χ2n) is 5.02. The summed E-state index contributed by atoms with van der Waals surface area (Å²) >= 11 is 3.03. The summed E-state index contributed by atoms with van der Waals surface area (Å²) in [6.45, 7) is 4.43. The number of carbonyl (C=O) groups excluding carboxylic acids is 1. The lowest BCUT2D eigenvalue weighted by atomic mass is 10.3. The van der Waals surface area contributed by atoms with E-state index in [1.54, 1.807) is 11.3 Å². The number of benzene rings is 1. The molecule has 0 radical (unpaired) electrons. The van der Waals surface area contributed by atoms with Crippen molar-refractivity contribution in [1.82, 2.24) is 9.97 Å². The Bertz CT molecular complexity index is 833. The second-order valence-corrected chi connectivity index (χ2v) is 7.27. The minimum absolute atomic E-state index is 0.0625. The number of thioether (sulfide) groups is 1. The molecule has 7 heteroatoms. The van der Waals surface area contributed by atoms with Gasteiger partial charge in [0.25, 0.3) is 0 Å². The minimum Gasteiger partial charge on any atom is -0.494 e. The number of rotatable bonds is 6. The first-order chi connectivity index (χ1) is 11.7. The quantitative estimate of drug-likeness (QED) is 0.528. The summed E-state index contributed by atoms with van der Waals surface area (Å²) in [5.74, 6) is 0.728. The van der Waals surface area contributed by atoms with Crippen molar-refractivity contribution in [2.45, 2.75) is 24.1 Å². The Balaban J connectivity index is 1.65. The van der Waals surface area contributed by atoms with Crippen LogP contribution in [0.15, 0.2) is 47.1 Å². The van der Waals surface area contributed by atoms with Gasteiger partial charge in [0.2, 0.25) is 5.91 Å². The molecule has 1 unspecified atom stereocenters. The molecule has 2 heterocycles. The van der Waals surface area contributed by atoms with Crippen LogP contribution in [0.2, 0.25) is 0 Å². The number of hydrogen-bond acceptors (Lipinski definition) is 6. The zero-order chi connectivity index (χ0) is 16.9. The average molecular weight is 359 g/mol. The Morgan fingerprint density at radius 1 is 1.29 bits per heavy atom. The molecule has 0 spiro atoms. The fraction of sp³-hybridized carbons (Fsp3) is 0.235. The Morgan fingerprint density at radius 3 is 2.83 bits per heavy atom. The highest BCUT2D eigenvalue weighted by atomic mass is 32.2. The molecule has 124 valence electrons. The van der Waals surface area contributed by atoms with E-state index in [-0.39, 0.29) is 11.2 Å². The highest BCUT2D eigenvalue weighted by Gasteiger charge is 2.17. The number of hydrogen-bond donors (Lipinski definition) is 1. The fourth-order valence-corrected chi connectivity index (χ4v) is 3.95. The molecular formula is C17H17N3O2S2. The predicted molar refractivity (Wildman–Crippen MR) is 99.0 cm³/mol. The van der Waals surface area contributed by atoms with Crippen LogP contribution in [0.25, 0.3) is 10.2 Å². The molecule has 1 aromatic carbocycles. The third-order valence-corrected chi connectivity index (χ3v) is 5.44. The molecule has 3 rings (SSSR count). The number of nitrogens with zero attached hydrogens (tertiary/aromatic N) is 2. The molecule has 0 aliphatic heterocycles. The maximum absolute atomic E-state index is 12.4. The summed E-state index contributed by atoms with van der Waals surface area (Å²) in [4.78, 5) is 20.9. The van der Waals surface area contributed by atoms with E-state index < -0.39 is 0 Å². The number of fused-ring (bicyclic) bond motifs is 1. The Kier molecular flexibility index (Phi) is 5.32.